The van der Waals surface area contributed by atoms with Crippen LogP contribution in [0.1, 0.15) is 28.9 Å². The number of rotatable bonds is 6. The van der Waals surface area contributed by atoms with Gasteiger partial charge in [0.2, 0.25) is 5.91 Å². The van der Waals surface area contributed by atoms with Crippen LogP contribution in [0.4, 0.5) is 5.69 Å². The molecule has 0 saturated heterocycles. The van der Waals surface area contributed by atoms with Crippen molar-refractivity contribution in [1.82, 2.24) is 10.5 Å². The maximum absolute atomic E-state index is 12.4. The summed E-state index contributed by atoms with van der Waals surface area (Å²) in [4.78, 5) is 21.7. The Kier molecular flexibility index (Phi) is 7.03. The van der Waals surface area contributed by atoms with Gasteiger partial charge in [-0.05, 0) is 50.6 Å². The van der Waals surface area contributed by atoms with Gasteiger partial charge >= 0.3 is 0 Å². The monoisotopic (exact) mass is 393 g/mol. The minimum absolute atomic E-state index is 0.151. The van der Waals surface area contributed by atoms with E-state index in [1.165, 1.54) is 7.11 Å². The summed E-state index contributed by atoms with van der Waals surface area (Å²) in [5, 5.41) is 3.80. The molecule has 0 spiro atoms. The van der Waals surface area contributed by atoms with E-state index in [1.54, 1.807) is 24.3 Å². The van der Waals surface area contributed by atoms with Crippen LogP contribution < -0.4 is 10.8 Å². The summed E-state index contributed by atoms with van der Waals surface area (Å²) < 4.78 is 0. The summed E-state index contributed by atoms with van der Waals surface area (Å²) in [6.45, 7) is 5.74. The zero-order valence-corrected chi connectivity index (χ0v) is 16.6. The minimum Gasteiger partial charge on any atom is -0.324 e. The fourth-order valence-electron chi connectivity index (χ4n) is 2.59. The first-order valence-corrected chi connectivity index (χ1v) is 8.76. The number of pyridine rings is 1. The number of benzene rings is 1. The van der Waals surface area contributed by atoms with Crippen LogP contribution in [0.2, 0.25) is 10.0 Å². The number of anilines is 1. The van der Waals surface area contributed by atoms with E-state index in [-0.39, 0.29) is 12.3 Å². The molecule has 2 aromatic rings. The Morgan fingerprint density at radius 2 is 1.92 bits per heavy atom. The smallest absolute Gasteiger partial charge is 0.228 e. The second kappa shape index (κ2) is 9.03. The van der Waals surface area contributed by atoms with E-state index in [2.05, 4.69) is 15.8 Å². The predicted octanol–water partition coefficient (Wildman–Crippen LogP) is 4.83. The van der Waals surface area contributed by atoms with Crippen LogP contribution in [-0.2, 0) is 9.63 Å². The first kappa shape index (κ1) is 20.2. The van der Waals surface area contributed by atoms with Gasteiger partial charge in [-0.25, -0.2) is 0 Å². The number of aryl methyl sites for hydroxylation is 3. The lowest BCUT2D eigenvalue weighted by Crippen LogP contribution is -2.15. The van der Waals surface area contributed by atoms with Crippen LogP contribution in [0.5, 0.6) is 0 Å². The molecule has 2 rings (SSSR count). The highest BCUT2D eigenvalue weighted by Crippen LogP contribution is 2.26. The molecule has 1 amide bonds. The van der Waals surface area contributed by atoms with Crippen LogP contribution in [0.3, 0.4) is 0 Å². The highest BCUT2D eigenvalue weighted by molar-refractivity contribution is 6.42. The highest BCUT2D eigenvalue weighted by atomic mass is 35.5. The molecular formula is C19H21Cl2N3O2. The van der Waals surface area contributed by atoms with Crippen molar-refractivity contribution in [2.75, 3.05) is 12.4 Å². The van der Waals surface area contributed by atoms with Crippen LogP contribution in [0.15, 0.2) is 30.3 Å². The third-order valence-electron chi connectivity index (χ3n) is 3.72. The Bertz CT molecular complexity index is 828. The molecule has 0 atom stereocenters. The van der Waals surface area contributed by atoms with Crippen LogP contribution in [-0.4, -0.2) is 18.0 Å². The van der Waals surface area contributed by atoms with Crippen molar-refractivity contribution in [2.45, 2.75) is 27.2 Å². The van der Waals surface area contributed by atoms with Gasteiger partial charge in [-0.1, -0.05) is 29.3 Å². The van der Waals surface area contributed by atoms with Crippen LogP contribution in [0.25, 0.3) is 5.70 Å². The molecule has 0 fully saturated rings. The summed E-state index contributed by atoms with van der Waals surface area (Å²) in [5.41, 5.74) is 7.58. The molecule has 0 unspecified atom stereocenters. The standard InChI is InChI=1S/C19H21Cl2N3O2/c1-11-9-12(2)22-13(3)19(11)23-18(25)8-7-17(24-26-4)14-5-6-15(20)16(21)10-14/h5-7,9-10,24H,8H2,1-4H3,(H,23,25). The molecular weight excluding hydrogens is 373 g/mol. The van der Waals surface area contributed by atoms with Gasteiger partial charge in [0.15, 0.2) is 0 Å². The van der Waals surface area contributed by atoms with Gasteiger partial charge in [-0.15, -0.1) is 0 Å². The highest BCUT2D eigenvalue weighted by Gasteiger charge is 2.10. The molecule has 0 saturated carbocycles. The van der Waals surface area contributed by atoms with Gasteiger partial charge < -0.3 is 5.32 Å². The summed E-state index contributed by atoms with van der Waals surface area (Å²) in [7, 11) is 1.50. The third-order valence-corrected chi connectivity index (χ3v) is 4.46. The normalized spacial score (nSPS) is 11.4. The number of carbonyl (C=O) groups is 1. The van der Waals surface area contributed by atoms with Crippen molar-refractivity contribution >= 4 is 40.5 Å². The average Bonchev–Trinajstić information content (AvgIpc) is 2.57. The number of halogens is 2. The van der Waals surface area contributed by atoms with E-state index in [0.29, 0.717) is 15.7 Å². The number of aromatic nitrogens is 1. The SMILES string of the molecule is CONC(=CCC(=O)Nc1c(C)cc(C)nc1C)c1ccc(Cl)c(Cl)c1. The van der Waals surface area contributed by atoms with E-state index in [1.807, 2.05) is 26.8 Å². The van der Waals surface area contributed by atoms with E-state index >= 15 is 0 Å². The first-order valence-electron chi connectivity index (χ1n) is 8.01. The zero-order valence-electron chi connectivity index (χ0n) is 15.1. The molecule has 0 aliphatic heterocycles. The summed E-state index contributed by atoms with van der Waals surface area (Å²) >= 11 is 12.0. The van der Waals surface area contributed by atoms with E-state index in [4.69, 9.17) is 28.0 Å². The quantitative estimate of drug-likeness (QED) is 0.689. The van der Waals surface area contributed by atoms with Gasteiger partial charge in [0.25, 0.3) is 0 Å². The number of hydrogen-bond donors (Lipinski definition) is 2. The van der Waals surface area contributed by atoms with Gasteiger partial charge in [-0.2, -0.15) is 0 Å². The van der Waals surface area contributed by atoms with Gasteiger partial charge in [0.1, 0.15) is 0 Å². The first-order chi connectivity index (χ1) is 12.3. The number of amides is 1. The molecule has 138 valence electrons. The molecule has 0 bridgehead atoms. The maximum Gasteiger partial charge on any atom is 0.228 e. The van der Waals surface area contributed by atoms with Crippen molar-refractivity contribution in [2.24, 2.45) is 0 Å². The van der Waals surface area contributed by atoms with E-state index in [9.17, 15) is 4.79 Å². The van der Waals surface area contributed by atoms with Crippen molar-refractivity contribution < 1.29 is 9.63 Å². The topological polar surface area (TPSA) is 63.2 Å². The summed E-state index contributed by atoms with van der Waals surface area (Å²) in [6, 6.07) is 7.13. The number of hydrogen-bond acceptors (Lipinski definition) is 4. The lowest BCUT2D eigenvalue weighted by molar-refractivity contribution is -0.115. The Hall–Kier alpha value is -2.08. The molecule has 1 aromatic heterocycles. The molecule has 5 nitrogen and oxygen atoms in total. The van der Waals surface area contributed by atoms with Crippen molar-refractivity contribution in [3.8, 4) is 0 Å². The van der Waals surface area contributed by atoms with Crippen molar-refractivity contribution in [3.63, 3.8) is 0 Å². The van der Waals surface area contributed by atoms with Crippen molar-refractivity contribution in [3.05, 3.63) is 62.9 Å². The zero-order chi connectivity index (χ0) is 19.3. The average molecular weight is 394 g/mol. The fourth-order valence-corrected chi connectivity index (χ4v) is 2.89. The molecule has 26 heavy (non-hydrogen) atoms. The summed E-state index contributed by atoms with van der Waals surface area (Å²) in [6.07, 6.45) is 1.88. The molecule has 7 heteroatoms. The number of nitrogens with one attached hydrogen (secondary N) is 2. The predicted molar refractivity (Wildman–Crippen MR) is 106 cm³/mol. The fraction of sp³-hybridized carbons (Fsp3) is 0.263. The molecule has 0 aliphatic carbocycles. The molecule has 1 aromatic carbocycles. The second-order valence-corrected chi connectivity index (χ2v) is 6.66. The lowest BCUT2D eigenvalue weighted by atomic mass is 10.1. The third kappa shape index (κ3) is 5.21. The second-order valence-electron chi connectivity index (χ2n) is 5.85. The Labute approximate surface area is 163 Å². The van der Waals surface area contributed by atoms with Gasteiger partial charge in [0.05, 0.1) is 34.2 Å². The molecule has 1 heterocycles. The molecule has 2 N–H and O–H groups in total. The Balaban J connectivity index is 2.16. The van der Waals surface area contributed by atoms with E-state index in [0.717, 1.165) is 28.2 Å². The van der Waals surface area contributed by atoms with E-state index < -0.39 is 0 Å². The van der Waals surface area contributed by atoms with Gasteiger partial charge in [0, 0.05) is 17.7 Å². The van der Waals surface area contributed by atoms with Gasteiger partial charge in [-0.3, -0.25) is 20.1 Å². The maximum atomic E-state index is 12.4. The van der Waals surface area contributed by atoms with Crippen LogP contribution in [0, 0.1) is 20.8 Å². The molecule has 0 radical (unpaired) electrons. The Morgan fingerprint density at radius 3 is 2.54 bits per heavy atom. The van der Waals surface area contributed by atoms with Crippen LogP contribution >= 0.6 is 23.2 Å². The van der Waals surface area contributed by atoms with Crippen molar-refractivity contribution in [1.29, 1.82) is 0 Å². The minimum atomic E-state index is -0.155. The number of nitrogens with zero attached hydrogens (tertiary/aromatic N) is 1. The number of carbonyl (C=O) groups excluding carboxylic acids is 1. The number of hydroxylamine groups is 1. The summed E-state index contributed by atoms with van der Waals surface area (Å²) in [5.74, 6) is -0.155. The lowest BCUT2D eigenvalue weighted by Gasteiger charge is -2.12. The molecule has 0 aliphatic rings. The largest absolute Gasteiger partial charge is 0.324 e. The Morgan fingerprint density at radius 1 is 1.19 bits per heavy atom.